The molecule has 1 aromatic heterocycles. The van der Waals surface area contributed by atoms with Crippen LogP contribution in [-0.2, 0) is 13.2 Å². The third-order valence-electron chi connectivity index (χ3n) is 3.49. The van der Waals surface area contributed by atoms with Crippen molar-refractivity contribution >= 4 is 22.5 Å². The van der Waals surface area contributed by atoms with Crippen LogP contribution in [0.3, 0.4) is 0 Å². The largest absolute Gasteiger partial charge is 0.486 e. The number of fused-ring (bicyclic) bond motifs is 1. The summed E-state index contributed by atoms with van der Waals surface area (Å²) in [5.41, 5.74) is 1.55. The number of halogens is 2. The number of rotatable bonds is 4. The van der Waals surface area contributed by atoms with E-state index in [9.17, 15) is 4.39 Å². The second-order valence-corrected chi connectivity index (χ2v) is 5.18. The van der Waals surface area contributed by atoms with Crippen LogP contribution >= 0.6 is 11.6 Å². The molecule has 0 aliphatic carbocycles. The molecule has 0 saturated carbocycles. The summed E-state index contributed by atoms with van der Waals surface area (Å²) in [5.74, 6) is 0.422. The first-order valence-corrected chi connectivity index (χ1v) is 7.22. The maximum Gasteiger partial charge on any atom is 0.147 e. The molecule has 1 heterocycles. The Balaban J connectivity index is 1.94. The second-order valence-electron chi connectivity index (χ2n) is 4.78. The van der Waals surface area contributed by atoms with Gasteiger partial charge in [0.1, 0.15) is 18.2 Å². The van der Waals surface area contributed by atoms with E-state index in [0.29, 0.717) is 29.4 Å². The maximum atomic E-state index is 14.0. The van der Waals surface area contributed by atoms with E-state index < -0.39 is 0 Å². The second kappa shape index (κ2) is 5.78. The smallest absolute Gasteiger partial charge is 0.147 e. The molecule has 0 saturated heterocycles. The molecule has 108 valence electrons. The molecule has 2 aromatic carbocycles. The van der Waals surface area contributed by atoms with Gasteiger partial charge in [-0.1, -0.05) is 35.9 Å². The average molecular weight is 304 g/mol. The van der Waals surface area contributed by atoms with Gasteiger partial charge in [-0.3, -0.25) is 0 Å². The van der Waals surface area contributed by atoms with Crippen molar-refractivity contribution in [1.82, 2.24) is 4.57 Å². The maximum absolute atomic E-state index is 14.0. The normalized spacial score (nSPS) is 11.0. The molecule has 4 heteroatoms. The summed E-state index contributed by atoms with van der Waals surface area (Å²) in [5, 5.41) is 1.46. The Kier molecular flexibility index (Phi) is 3.84. The van der Waals surface area contributed by atoms with Crippen LogP contribution in [-0.4, -0.2) is 4.57 Å². The lowest BCUT2D eigenvalue weighted by Crippen LogP contribution is -2.05. The summed E-state index contributed by atoms with van der Waals surface area (Å²) in [7, 11) is 0. The van der Waals surface area contributed by atoms with Crippen LogP contribution in [0.2, 0.25) is 5.02 Å². The Bertz CT molecular complexity index is 782. The van der Waals surface area contributed by atoms with Crippen molar-refractivity contribution in [1.29, 1.82) is 0 Å². The molecule has 0 aliphatic heterocycles. The minimum absolute atomic E-state index is 0.210. The van der Waals surface area contributed by atoms with Crippen molar-refractivity contribution in [2.45, 2.75) is 20.1 Å². The molecule has 0 radical (unpaired) electrons. The van der Waals surface area contributed by atoms with Crippen molar-refractivity contribution < 1.29 is 9.13 Å². The Morgan fingerprint density at radius 1 is 1.14 bits per heavy atom. The van der Waals surface area contributed by atoms with Crippen LogP contribution in [0.15, 0.2) is 48.5 Å². The molecule has 3 aromatic rings. The van der Waals surface area contributed by atoms with Gasteiger partial charge in [0, 0.05) is 11.9 Å². The van der Waals surface area contributed by atoms with Crippen molar-refractivity contribution in [3.05, 3.63) is 65.1 Å². The molecule has 0 aliphatic rings. The monoisotopic (exact) mass is 303 g/mol. The van der Waals surface area contributed by atoms with E-state index in [1.54, 1.807) is 12.1 Å². The van der Waals surface area contributed by atoms with Crippen LogP contribution in [0.4, 0.5) is 4.39 Å². The summed E-state index contributed by atoms with van der Waals surface area (Å²) >= 11 is 6.08. The van der Waals surface area contributed by atoms with Gasteiger partial charge in [-0.25, -0.2) is 4.39 Å². The van der Waals surface area contributed by atoms with Gasteiger partial charge in [-0.2, -0.15) is 0 Å². The van der Waals surface area contributed by atoms with Crippen LogP contribution in [0, 0.1) is 5.82 Å². The molecule has 0 spiro atoms. The summed E-state index contributed by atoms with van der Waals surface area (Å²) in [6, 6.07) is 14.4. The fourth-order valence-electron chi connectivity index (χ4n) is 2.53. The van der Waals surface area contributed by atoms with Gasteiger partial charge in [-0.15, -0.1) is 0 Å². The average Bonchev–Trinajstić information content (AvgIpc) is 2.85. The zero-order valence-electron chi connectivity index (χ0n) is 11.6. The van der Waals surface area contributed by atoms with Gasteiger partial charge in [0.05, 0.1) is 16.2 Å². The predicted molar refractivity (Wildman–Crippen MR) is 83.4 cm³/mol. The standard InChI is InChI=1S/C17H15ClFNO/c1-2-20-13(10-12-6-5-8-15(19)17(12)20)11-21-16-9-4-3-7-14(16)18/h3-10H,2,11H2,1H3. The van der Waals surface area contributed by atoms with E-state index in [4.69, 9.17) is 16.3 Å². The van der Waals surface area contributed by atoms with Crippen molar-refractivity contribution in [3.8, 4) is 5.75 Å². The van der Waals surface area contributed by atoms with E-state index >= 15 is 0 Å². The number of hydrogen-bond acceptors (Lipinski definition) is 1. The van der Waals surface area contributed by atoms with E-state index in [0.717, 1.165) is 11.1 Å². The highest BCUT2D eigenvalue weighted by molar-refractivity contribution is 6.32. The molecule has 0 fully saturated rings. The van der Waals surface area contributed by atoms with Crippen molar-refractivity contribution in [2.24, 2.45) is 0 Å². The van der Waals surface area contributed by atoms with Gasteiger partial charge >= 0.3 is 0 Å². The van der Waals surface area contributed by atoms with Gasteiger partial charge in [0.25, 0.3) is 0 Å². The highest BCUT2D eigenvalue weighted by Crippen LogP contribution is 2.27. The molecule has 2 nitrogen and oxygen atoms in total. The molecule has 0 unspecified atom stereocenters. The number of benzene rings is 2. The van der Waals surface area contributed by atoms with E-state index in [2.05, 4.69) is 0 Å². The number of para-hydroxylation sites is 2. The summed E-state index contributed by atoms with van der Waals surface area (Å²) in [4.78, 5) is 0. The summed E-state index contributed by atoms with van der Waals surface area (Å²) in [6.07, 6.45) is 0. The van der Waals surface area contributed by atoms with Gasteiger partial charge in [0.15, 0.2) is 0 Å². The van der Waals surface area contributed by atoms with Crippen LogP contribution in [0.25, 0.3) is 10.9 Å². The molecule has 0 bridgehead atoms. The zero-order valence-corrected chi connectivity index (χ0v) is 12.4. The SMILES string of the molecule is CCn1c(COc2ccccc2Cl)cc2cccc(F)c21. The lowest BCUT2D eigenvalue weighted by atomic mass is 10.2. The van der Waals surface area contributed by atoms with Crippen LogP contribution in [0.1, 0.15) is 12.6 Å². The van der Waals surface area contributed by atoms with E-state index in [1.165, 1.54) is 6.07 Å². The predicted octanol–water partition coefficient (Wildman–Crippen LogP) is 5.03. The number of hydrogen-bond donors (Lipinski definition) is 0. The number of nitrogens with zero attached hydrogens (tertiary/aromatic N) is 1. The minimum atomic E-state index is -0.210. The van der Waals surface area contributed by atoms with E-state index in [-0.39, 0.29) is 5.82 Å². The first-order chi connectivity index (χ1) is 10.2. The van der Waals surface area contributed by atoms with Crippen molar-refractivity contribution in [2.75, 3.05) is 0 Å². The first-order valence-electron chi connectivity index (χ1n) is 6.84. The van der Waals surface area contributed by atoms with Gasteiger partial charge in [0.2, 0.25) is 0 Å². The third-order valence-corrected chi connectivity index (χ3v) is 3.80. The molecule has 0 amide bonds. The van der Waals surface area contributed by atoms with Crippen LogP contribution < -0.4 is 4.74 Å². The van der Waals surface area contributed by atoms with E-state index in [1.807, 2.05) is 41.8 Å². The highest BCUT2D eigenvalue weighted by Gasteiger charge is 2.12. The lowest BCUT2D eigenvalue weighted by molar-refractivity contribution is 0.296. The van der Waals surface area contributed by atoms with Crippen LogP contribution in [0.5, 0.6) is 5.75 Å². The highest BCUT2D eigenvalue weighted by atomic mass is 35.5. The third kappa shape index (κ3) is 2.61. The Labute approximate surface area is 127 Å². The van der Waals surface area contributed by atoms with Crippen molar-refractivity contribution in [3.63, 3.8) is 0 Å². The zero-order chi connectivity index (χ0) is 14.8. The minimum Gasteiger partial charge on any atom is -0.486 e. The topological polar surface area (TPSA) is 14.2 Å². The molecular formula is C17H15ClFNO. The summed E-state index contributed by atoms with van der Waals surface area (Å²) in [6.45, 7) is 3.03. The molecule has 21 heavy (non-hydrogen) atoms. The lowest BCUT2D eigenvalue weighted by Gasteiger charge is -2.11. The fraction of sp³-hybridized carbons (Fsp3) is 0.176. The quantitative estimate of drug-likeness (QED) is 0.659. The Hall–Kier alpha value is -2.00. The molecule has 3 rings (SSSR count). The Morgan fingerprint density at radius 3 is 2.71 bits per heavy atom. The molecular weight excluding hydrogens is 289 g/mol. The van der Waals surface area contributed by atoms with Gasteiger partial charge in [-0.05, 0) is 31.2 Å². The molecule has 0 atom stereocenters. The summed E-state index contributed by atoms with van der Waals surface area (Å²) < 4.78 is 21.7. The fourth-order valence-corrected chi connectivity index (χ4v) is 2.72. The Morgan fingerprint density at radius 2 is 1.95 bits per heavy atom. The number of ether oxygens (including phenoxy) is 1. The number of aryl methyl sites for hydroxylation is 1. The molecule has 0 N–H and O–H groups in total. The van der Waals surface area contributed by atoms with Gasteiger partial charge < -0.3 is 9.30 Å². The first kappa shape index (κ1) is 14.0. The number of aromatic nitrogens is 1.